The van der Waals surface area contributed by atoms with Crippen molar-refractivity contribution in [1.82, 2.24) is 4.31 Å². The monoisotopic (exact) mass is 416 g/mol. The summed E-state index contributed by atoms with van der Waals surface area (Å²) in [5, 5.41) is 2.73. The van der Waals surface area contributed by atoms with E-state index in [2.05, 4.69) is 19.2 Å². The molecule has 1 aliphatic heterocycles. The Kier molecular flexibility index (Phi) is 6.59. The number of carbonyl (C=O) groups is 1. The van der Waals surface area contributed by atoms with Crippen molar-refractivity contribution in [2.24, 2.45) is 11.8 Å². The van der Waals surface area contributed by atoms with E-state index in [1.807, 2.05) is 31.2 Å². The van der Waals surface area contributed by atoms with E-state index in [0.29, 0.717) is 36.4 Å². The molecule has 156 valence electrons. The summed E-state index contributed by atoms with van der Waals surface area (Å²) in [6.07, 6.45) is 1.04. The van der Waals surface area contributed by atoms with Gasteiger partial charge in [0.25, 0.3) is 5.91 Å². The van der Waals surface area contributed by atoms with Gasteiger partial charge in [-0.3, -0.25) is 4.79 Å². The summed E-state index contributed by atoms with van der Waals surface area (Å²) in [6, 6.07) is 13.8. The van der Waals surface area contributed by atoms with Gasteiger partial charge in [0, 0.05) is 18.8 Å². The maximum Gasteiger partial charge on any atom is 0.262 e. The Morgan fingerprint density at radius 1 is 1.07 bits per heavy atom. The fourth-order valence-electron chi connectivity index (χ4n) is 3.72. The molecule has 1 amide bonds. The Hall–Kier alpha value is -2.38. The first-order chi connectivity index (χ1) is 13.8. The highest BCUT2D eigenvalue weighted by atomic mass is 32.2. The lowest BCUT2D eigenvalue weighted by atomic mass is 9.94. The molecule has 1 saturated heterocycles. The molecule has 6 nitrogen and oxygen atoms in total. The van der Waals surface area contributed by atoms with Crippen LogP contribution in [0.1, 0.15) is 25.8 Å². The third-order valence-electron chi connectivity index (χ3n) is 5.06. The number of carbonyl (C=O) groups excluding carboxylic acids is 1. The third-order valence-corrected chi connectivity index (χ3v) is 6.91. The molecule has 0 unspecified atom stereocenters. The maximum atomic E-state index is 12.9. The lowest BCUT2D eigenvalue weighted by molar-refractivity contribution is -0.118. The summed E-state index contributed by atoms with van der Waals surface area (Å²) >= 11 is 0. The molecule has 2 aromatic carbocycles. The smallest absolute Gasteiger partial charge is 0.262 e. The Morgan fingerprint density at radius 2 is 1.69 bits per heavy atom. The Balaban J connectivity index is 1.61. The molecule has 0 spiro atoms. The van der Waals surface area contributed by atoms with Gasteiger partial charge in [-0.15, -0.1) is 0 Å². The molecule has 0 saturated carbocycles. The topological polar surface area (TPSA) is 75.7 Å². The minimum absolute atomic E-state index is 0.117. The van der Waals surface area contributed by atoms with Crippen molar-refractivity contribution >= 4 is 21.6 Å². The van der Waals surface area contributed by atoms with Gasteiger partial charge in [-0.25, -0.2) is 8.42 Å². The predicted molar refractivity (Wildman–Crippen MR) is 113 cm³/mol. The molecule has 1 N–H and O–H groups in total. The Bertz CT molecular complexity index is 947. The molecule has 1 fully saturated rings. The van der Waals surface area contributed by atoms with Crippen molar-refractivity contribution in [3.05, 3.63) is 54.1 Å². The van der Waals surface area contributed by atoms with Crippen molar-refractivity contribution in [2.45, 2.75) is 32.1 Å². The highest BCUT2D eigenvalue weighted by Gasteiger charge is 2.31. The van der Waals surface area contributed by atoms with Crippen LogP contribution in [0.2, 0.25) is 0 Å². The number of para-hydroxylation sites is 1. The second-order valence-electron chi connectivity index (χ2n) is 7.89. The molecular formula is C22H28N2O4S. The third kappa shape index (κ3) is 5.36. The molecule has 2 atom stereocenters. The fraction of sp³-hybridized carbons (Fsp3) is 0.409. The number of hydrogen-bond acceptors (Lipinski definition) is 4. The zero-order valence-electron chi connectivity index (χ0n) is 17.1. The standard InChI is InChI=1S/C22H28N2O4S/c1-16-12-17(2)14-24(13-16)29(26,27)20-10-8-19(9-11-20)23-22(25)15-28-21-7-5-4-6-18(21)3/h4-11,16-17H,12-15H2,1-3H3,(H,23,25)/t16-,17-/m1/s1. The molecule has 29 heavy (non-hydrogen) atoms. The van der Waals surface area contributed by atoms with Crippen LogP contribution in [0.25, 0.3) is 0 Å². The maximum absolute atomic E-state index is 12.9. The first-order valence-corrected chi connectivity index (χ1v) is 11.3. The van der Waals surface area contributed by atoms with Crippen molar-refractivity contribution in [2.75, 3.05) is 25.0 Å². The van der Waals surface area contributed by atoms with Crippen molar-refractivity contribution < 1.29 is 17.9 Å². The van der Waals surface area contributed by atoms with E-state index < -0.39 is 10.0 Å². The van der Waals surface area contributed by atoms with Crippen LogP contribution in [-0.4, -0.2) is 38.3 Å². The van der Waals surface area contributed by atoms with Crippen molar-refractivity contribution in [3.63, 3.8) is 0 Å². The van der Waals surface area contributed by atoms with Crippen LogP contribution in [0.4, 0.5) is 5.69 Å². The lowest BCUT2D eigenvalue weighted by Gasteiger charge is -2.34. The van der Waals surface area contributed by atoms with E-state index in [-0.39, 0.29) is 17.4 Å². The second kappa shape index (κ2) is 8.97. The largest absolute Gasteiger partial charge is 0.483 e. The van der Waals surface area contributed by atoms with E-state index in [9.17, 15) is 13.2 Å². The van der Waals surface area contributed by atoms with E-state index in [1.165, 1.54) is 12.1 Å². The van der Waals surface area contributed by atoms with Crippen LogP contribution in [0.15, 0.2) is 53.4 Å². The minimum Gasteiger partial charge on any atom is -0.483 e. The first-order valence-electron chi connectivity index (χ1n) is 9.84. The number of nitrogens with one attached hydrogen (secondary N) is 1. The predicted octanol–water partition coefficient (Wildman–Crippen LogP) is 3.68. The van der Waals surface area contributed by atoms with Crippen LogP contribution >= 0.6 is 0 Å². The highest BCUT2D eigenvalue weighted by Crippen LogP contribution is 2.27. The Morgan fingerprint density at radius 3 is 2.31 bits per heavy atom. The molecule has 0 aliphatic carbocycles. The molecule has 3 rings (SSSR count). The van der Waals surface area contributed by atoms with Crippen LogP contribution in [0.5, 0.6) is 5.75 Å². The number of aryl methyl sites for hydroxylation is 1. The first kappa shape index (κ1) is 21.3. The van der Waals surface area contributed by atoms with Gasteiger partial charge in [0.1, 0.15) is 5.75 Å². The summed E-state index contributed by atoms with van der Waals surface area (Å²) in [7, 11) is -3.53. The molecule has 1 aliphatic rings. The highest BCUT2D eigenvalue weighted by molar-refractivity contribution is 7.89. The summed E-state index contributed by atoms with van der Waals surface area (Å²) in [6.45, 7) is 7.04. The number of rotatable bonds is 6. The van der Waals surface area contributed by atoms with Crippen LogP contribution in [0.3, 0.4) is 0 Å². The number of ether oxygens (including phenoxy) is 1. The molecule has 1 heterocycles. The van der Waals surface area contributed by atoms with Gasteiger partial charge in [-0.2, -0.15) is 4.31 Å². The number of benzene rings is 2. The van der Waals surface area contributed by atoms with Gasteiger partial charge in [0.2, 0.25) is 10.0 Å². The van der Waals surface area contributed by atoms with Gasteiger partial charge in [-0.1, -0.05) is 32.0 Å². The minimum atomic E-state index is -3.53. The molecular weight excluding hydrogens is 388 g/mol. The summed E-state index contributed by atoms with van der Waals surface area (Å²) in [4.78, 5) is 12.4. The Labute approximate surface area is 172 Å². The normalized spacial score (nSPS) is 20.2. The fourth-order valence-corrected chi connectivity index (χ4v) is 5.40. The second-order valence-corrected chi connectivity index (χ2v) is 9.83. The molecule has 0 bridgehead atoms. The zero-order valence-corrected chi connectivity index (χ0v) is 17.9. The summed E-state index contributed by atoms with van der Waals surface area (Å²) in [5.74, 6) is 1.05. The zero-order chi connectivity index (χ0) is 21.0. The SMILES string of the molecule is Cc1ccccc1OCC(=O)Nc1ccc(S(=O)(=O)N2C[C@H](C)C[C@@H](C)C2)cc1. The summed E-state index contributed by atoms with van der Waals surface area (Å²) < 4.78 is 32.9. The molecule has 7 heteroatoms. The summed E-state index contributed by atoms with van der Waals surface area (Å²) in [5.41, 5.74) is 1.49. The lowest BCUT2D eigenvalue weighted by Crippen LogP contribution is -2.42. The number of amides is 1. The number of piperidine rings is 1. The average molecular weight is 417 g/mol. The van der Waals surface area contributed by atoms with Gasteiger partial charge >= 0.3 is 0 Å². The number of anilines is 1. The quantitative estimate of drug-likeness (QED) is 0.779. The van der Waals surface area contributed by atoms with Gasteiger partial charge in [-0.05, 0) is 61.1 Å². The molecule has 0 aromatic heterocycles. The van der Waals surface area contributed by atoms with Gasteiger partial charge < -0.3 is 10.1 Å². The molecule has 2 aromatic rings. The van der Waals surface area contributed by atoms with Crippen molar-refractivity contribution in [3.8, 4) is 5.75 Å². The van der Waals surface area contributed by atoms with Gasteiger partial charge in [0.15, 0.2) is 6.61 Å². The van der Waals surface area contributed by atoms with E-state index in [1.54, 1.807) is 16.4 Å². The van der Waals surface area contributed by atoms with E-state index >= 15 is 0 Å². The number of nitrogens with zero attached hydrogens (tertiary/aromatic N) is 1. The van der Waals surface area contributed by atoms with E-state index in [4.69, 9.17) is 4.74 Å². The van der Waals surface area contributed by atoms with Crippen LogP contribution in [-0.2, 0) is 14.8 Å². The van der Waals surface area contributed by atoms with Gasteiger partial charge in [0.05, 0.1) is 4.90 Å². The van der Waals surface area contributed by atoms with Crippen molar-refractivity contribution in [1.29, 1.82) is 0 Å². The van der Waals surface area contributed by atoms with Crippen LogP contribution in [0, 0.1) is 18.8 Å². The number of hydrogen-bond donors (Lipinski definition) is 1. The average Bonchev–Trinajstić information content (AvgIpc) is 2.67. The van der Waals surface area contributed by atoms with Crippen LogP contribution < -0.4 is 10.1 Å². The molecule has 0 radical (unpaired) electrons. The van der Waals surface area contributed by atoms with E-state index in [0.717, 1.165) is 12.0 Å². The number of sulfonamides is 1.